The molecule has 0 bridgehead atoms. The van der Waals surface area contributed by atoms with Crippen molar-refractivity contribution in [3.05, 3.63) is 47.8 Å². The van der Waals surface area contributed by atoms with Gasteiger partial charge in [-0.05, 0) is 49.2 Å². The number of halogens is 1. The molecule has 30 heavy (non-hydrogen) atoms. The minimum atomic E-state index is -3.83. The summed E-state index contributed by atoms with van der Waals surface area (Å²) in [5.41, 5.74) is 2.17. The van der Waals surface area contributed by atoms with Crippen LogP contribution in [0.25, 0.3) is 11.0 Å². The van der Waals surface area contributed by atoms with Crippen LogP contribution in [-0.2, 0) is 21.4 Å². The van der Waals surface area contributed by atoms with E-state index >= 15 is 0 Å². The number of hydrogen-bond acceptors (Lipinski definition) is 5. The smallest absolute Gasteiger partial charge is 0.238 e. The average Bonchev–Trinajstić information content (AvgIpc) is 3.03. The van der Waals surface area contributed by atoms with Gasteiger partial charge in [-0.25, -0.2) is 22.9 Å². The number of thioether (sulfide) groups is 1. The first-order valence-corrected chi connectivity index (χ1v) is 11.9. The third-order valence-electron chi connectivity index (χ3n) is 4.54. The average molecular weight is 451 g/mol. The molecular formula is C20H23FN4O3S2. The molecule has 1 heterocycles. The number of anilines is 1. The molecule has 3 aromatic rings. The lowest BCUT2D eigenvalue weighted by Gasteiger charge is -2.09. The van der Waals surface area contributed by atoms with Crippen LogP contribution in [0.3, 0.4) is 0 Å². The summed E-state index contributed by atoms with van der Waals surface area (Å²) in [6, 6.07) is 9.10. The number of carbonyl (C=O) groups excluding carboxylic acids is 1. The van der Waals surface area contributed by atoms with E-state index in [2.05, 4.69) is 17.2 Å². The molecule has 0 aliphatic carbocycles. The Bertz CT molecular complexity index is 1190. The lowest BCUT2D eigenvalue weighted by atomic mass is 10.2. The van der Waals surface area contributed by atoms with E-state index in [4.69, 9.17) is 5.14 Å². The number of nitrogens with two attached hydrogens (primary N) is 1. The van der Waals surface area contributed by atoms with Crippen LogP contribution in [-0.4, -0.2) is 29.6 Å². The van der Waals surface area contributed by atoms with Gasteiger partial charge < -0.3 is 9.88 Å². The molecule has 0 spiro atoms. The van der Waals surface area contributed by atoms with Crippen molar-refractivity contribution in [1.29, 1.82) is 0 Å². The Morgan fingerprint density at radius 2 is 2.03 bits per heavy atom. The van der Waals surface area contributed by atoms with Gasteiger partial charge in [-0.3, -0.25) is 4.79 Å². The standard InChI is InChI=1S/C20H23FN4O3S2/c1-3-4-9-25-18-8-7-15(30(22,27)28)11-17(18)24-20(25)29-12-19(26)23-14-6-5-13(2)16(21)10-14/h5-8,10-11H,3-4,9,12H2,1-2H3,(H,23,26)(H2,22,27,28). The Hall–Kier alpha value is -2.43. The number of benzene rings is 2. The fourth-order valence-corrected chi connectivity index (χ4v) is 4.28. The lowest BCUT2D eigenvalue weighted by molar-refractivity contribution is -0.113. The highest BCUT2D eigenvalue weighted by Crippen LogP contribution is 2.27. The molecular weight excluding hydrogens is 427 g/mol. The Morgan fingerprint density at radius 1 is 1.27 bits per heavy atom. The van der Waals surface area contributed by atoms with Crippen LogP contribution in [0.4, 0.5) is 10.1 Å². The molecule has 3 rings (SSSR count). The van der Waals surface area contributed by atoms with E-state index in [1.165, 1.54) is 30.0 Å². The molecule has 10 heteroatoms. The van der Waals surface area contributed by atoms with Gasteiger partial charge in [0.15, 0.2) is 5.16 Å². The third kappa shape index (κ3) is 5.18. The van der Waals surface area contributed by atoms with E-state index in [9.17, 15) is 17.6 Å². The number of primary sulfonamides is 1. The Balaban J connectivity index is 1.80. The molecule has 1 amide bonds. The first kappa shape index (κ1) is 22.3. The second-order valence-corrected chi connectivity index (χ2v) is 9.40. The summed E-state index contributed by atoms with van der Waals surface area (Å²) in [7, 11) is -3.83. The van der Waals surface area contributed by atoms with E-state index < -0.39 is 10.0 Å². The van der Waals surface area contributed by atoms with Crippen molar-refractivity contribution in [2.24, 2.45) is 5.14 Å². The first-order valence-electron chi connectivity index (χ1n) is 9.41. The molecule has 3 N–H and O–H groups in total. The van der Waals surface area contributed by atoms with Crippen molar-refractivity contribution in [1.82, 2.24) is 9.55 Å². The predicted octanol–water partition coefficient (Wildman–Crippen LogP) is 3.66. The highest BCUT2D eigenvalue weighted by Gasteiger charge is 2.16. The summed E-state index contributed by atoms with van der Waals surface area (Å²) in [6.07, 6.45) is 1.88. The number of aryl methyl sites for hydroxylation is 2. The minimum Gasteiger partial charge on any atom is -0.325 e. The topological polar surface area (TPSA) is 107 Å². The number of nitrogens with zero attached hydrogens (tertiary/aromatic N) is 2. The van der Waals surface area contributed by atoms with E-state index in [1.807, 2.05) is 4.57 Å². The van der Waals surface area contributed by atoms with Gasteiger partial charge in [0.1, 0.15) is 5.82 Å². The molecule has 0 saturated heterocycles. The molecule has 0 saturated carbocycles. The van der Waals surface area contributed by atoms with Gasteiger partial charge in [-0.1, -0.05) is 31.2 Å². The second kappa shape index (κ2) is 9.15. The molecule has 2 aromatic carbocycles. The maximum Gasteiger partial charge on any atom is 0.238 e. The number of hydrogen-bond donors (Lipinski definition) is 2. The second-order valence-electron chi connectivity index (χ2n) is 6.90. The zero-order valence-electron chi connectivity index (χ0n) is 16.7. The molecule has 0 atom stereocenters. The minimum absolute atomic E-state index is 0.00849. The molecule has 0 fully saturated rings. The summed E-state index contributed by atoms with van der Waals surface area (Å²) in [5.74, 6) is -0.595. The molecule has 1 aromatic heterocycles. The molecule has 0 radical (unpaired) electrons. The van der Waals surface area contributed by atoms with Gasteiger partial charge in [-0.15, -0.1) is 0 Å². The number of carbonyl (C=O) groups is 1. The normalized spacial score (nSPS) is 11.7. The zero-order valence-corrected chi connectivity index (χ0v) is 18.3. The van der Waals surface area contributed by atoms with Crippen molar-refractivity contribution in [2.75, 3.05) is 11.1 Å². The van der Waals surface area contributed by atoms with Crippen LogP contribution in [0.15, 0.2) is 46.5 Å². The van der Waals surface area contributed by atoms with Gasteiger partial charge in [-0.2, -0.15) is 0 Å². The summed E-state index contributed by atoms with van der Waals surface area (Å²) in [6.45, 7) is 4.41. The van der Waals surface area contributed by atoms with Crippen LogP contribution in [0.2, 0.25) is 0 Å². The maximum atomic E-state index is 13.7. The molecule has 0 aliphatic rings. The first-order chi connectivity index (χ1) is 14.2. The van der Waals surface area contributed by atoms with Crippen LogP contribution in [0, 0.1) is 12.7 Å². The molecule has 0 aliphatic heterocycles. The SMILES string of the molecule is CCCCn1c(SCC(=O)Nc2ccc(C)c(F)c2)nc2cc(S(N)(=O)=O)ccc21. The van der Waals surface area contributed by atoms with E-state index in [-0.39, 0.29) is 22.4 Å². The zero-order chi connectivity index (χ0) is 21.9. The van der Waals surface area contributed by atoms with Crippen molar-refractivity contribution < 1.29 is 17.6 Å². The van der Waals surface area contributed by atoms with E-state index in [1.54, 1.807) is 25.1 Å². The number of sulfonamides is 1. The Kier molecular flexibility index (Phi) is 6.79. The predicted molar refractivity (Wildman–Crippen MR) is 117 cm³/mol. The van der Waals surface area contributed by atoms with Crippen LogP contribution >= 0.6 is 11.8 Å². The van der Waals surface area contributed by atoms with Crippen LogP contribution in [0.1, 0.15) is 25.3 Å². The fraction of sp³-hybridized carbons (Fsp3) is 0.300. The summed E-state index contributed by atoms with van der Waals surface area (Å²) in [5, 5.41) is 8.50. The largest absolute Gasteiger partial charge is 0.325 e. The maximum absolute atomic E-state index is 13.7. The van der Waals surface area contributed by atoms with E-state index in [0.29, 0.717) is 28.5 Å². The van der Waals surface area contributed by atoms with Gasteiger partial charge in [0.2, 0.25) is 15.9 Å². The third-order valence-corrected chi connectivity index (χ3v) is 6.42. The highest BCUT2D eigenvalue weighted by molar-refractivity contribution is 7.99. The van der Waals surface area contributed by atoms with Crippen LogP contribution in [0.5, 0.6) is 0 Å². The highest BCUT2D eigenvalue weighted by atomic mass is 32.2. The summed E-state index contributed by atoms with van der Waals surface area (Å²) < 4.78 is 38.9. The van der Waals surface area contributed by atoms with Crippen molar-refractivity contribution >= 4 is 44.4 Å². The van der Waals surface area contributed by atoms with Gasteiger partial charge in [0.05, 0.1) is 21.7 Å². The van der Waals surface area contributed by atoms with Crippen molar-refractivity contribution in [3.8, 4) is 0 Å². The van der Waals surface area contributed by atoms with E-state index in [0.717, 1.165) is 18.4 Å². The number of amides is 1. The fourth-order valence-electron chi connectivity index (χ4n) is 2.90. The number of imidazole rings is 1. The van der Waals surface area contributed by atoms with Gasteiger partial charge in [0, 0.05) is 12.2 Å². The summed E-state index contributed by atoms with van der Waals surface area (Å²) in [4.78, 5) is 16.8. The molecule has 0 unspecified atom stereocenters. The Morgan fingerprint density at radius 3 is 2.70 bits per heavy atom. The number of nitrogens with one attached hydrogen (secondary N) is 1. The number of fused-ring (bicyclic) bond motifs is 1. The Labute approximate surface area is 178 Å². The molecule has 7 nitrogen and oxygen atoms in total. The molecule has 160 valence electrons. The van der Waals surface area contributed by atoms with Crippen molar-refractivity contribution in [2.45, 2.75) is 43.3 Å². The van der Waals surface area contributed by atoms with Crippen molar-refractivity contribution in [3.63, 3.8) is 0 Å². The quantitative estimate of drug-likeness (QED) is 0.509. The lowest BCUT2D eigenvalue weighted by Crippen LogP contribution is -2.15. The number of rotatable bonds is 8. The van der Waals surface area contributed by atoms with Gasteiger partial charge in [0.25, 0.3) is 0 Å². The summed E-state index contributed by atoms with van der Waals surface area (Å²) >= 11 is 1.24. The van der Waals surface area contributed by atoms with Gasteiger partial charge >= 0.3 is 0 Å². The van der Waals surface area contributed by atoms with Crippen LogP contribution < -0.4 is 10.5 Å². The number of aromatic nitrogens is 2. The monoisotopic (exact) mass is 450 g/mol. The number of unbranched alkanes of at least 4 members (excludes halogenated alkanes) is 1.